The average molecular weight is 299 g/mol. The number of halogens is 1. The number of nitrogens with zero attached hydrogens (tertiary/aromatic N) is 2. The van der Waals surface area contributed by atoms with Crippen molar-refractivity contribution in [1.82, 2.24) is 10.2 Å². The van der Waals surface area contributed by atoms with Gasteiger partial charge in [-0.3, -0.25) is 15.0 Å². The molecule has 1 heterocycles. The summed E-state index contributed by atoms with van der Waals surface area (Å²) in [6.07, 6.45) is -0.831. The number of benzene rings is 1. The molecule has 7 nitrogen and oxygen atoms in total. The Morgan fingerprint density at radius 2 is 2.19 bits per heavy atom. The van der Waals surface area contributed by atoms with Gasteiger partial charge >= 0.3 is 5.69 Å². The summed E-state index contributed by atoms with van der Waals surface area (Å²) in [5.74, 6) is -1.24. The van der Waals surface area contributed by atoms with Crippen molar-refractivity contribution in [3.05, 3.63) is 34.1 Å². The Morgan fingerprint density at radius 3 is 2.86 bits per heavy atom. The largest absolute Gasteiger partial charge is 0.482 e. The van der Waals surface area contributed by atoms with Crippen molar-refractivity contribution in [1.29, 1.82) is 0 Å². The molecule has 8 heteroatoms. The van der Waals surface area contributed by atoms with Crippen molar-refractivity contribution in [2.24, 2.45) is 0 Å². The summed E-state index contributed by atoms with van der Waals surface area (Å²) in [7, 11) is 0. The van der Waals surface area contributed by atoms with Gasteiger partial charge in [0.15, 0.2) is 5.82 Å². The molecule has 1 aliphatic rings. The van der Waals surface area contributed by atoms with Gasteiger partial charge in [-0.05, 0) is 6.07 Å². The summed E-state index contributed by atoms with van der Waals surface area (Å²) in [5.41, 5.74) is -0.440. The SMILES string of the molecule is O=[N+]([O-])c1cccc(F)c1OCC(O)CN1CCNCC1. The van der Waals surface area contributed by atoms with Gasteiger partial charge in [0.25, 0.3) is 0 Å². The van der Waals surface area contributed by atoms with E-state index in [0.717, 1.165) is 32.2 Å². The minimum atomic E-state index is -0.831. The molecule has 1 aromatic rings. The normalized spacial score (nSPS) is 17.4. The highest BCUT2D eigenvalue weighted by molar-refractivity contribution is 5.46. The number of hydrogen-bond donors (Lipinski definition) is 2. The molecular formula is C13H18FN3O4. The molecule has 0 aromatic heterocycles. The number of nitro groups is 1. The minimum Gasteiger partial charge on any atom is -0.482 e. The van der Waals surface area contributed by atoms with Crippen LogP contribution in [0.25, 0.3) is 0 Å². The van der Waals surface area contributed by atoms with Gasteiger partial charge in [-0.2, -0.15) is 0 Å². The van der Waals surface area contributed by atoms with E-state index in [1.54, 1.807) is 0 Å². The number of para-hydroxylation sites is 1. The molecule has 0 amide bonds. The molecule has 2 rings (SSSR count). The standard InChI is InChI=1S/C13H18FN3O4/c14-11-2-1-3-12(17(19)20)13(11)21-9-10(18)8-16-6-4-15-5-7-16/h1-3,10,15,18H,4-9H2. The Balaban J connectivity index is 1.91. The van der Waals surface area contributed by atoms with E-state index >= 15 is 0 Å². The van der Waals surface area contributed by atoms with Crippen LogP contribution in [-0.4, -0.2) is 60.4 Å². The molecule has 1 aliphatic heterocycles. The van der Waals surface area contributed by atoms with E-state index in [-0.39, 0.29) is 6.61 Å². The van der Waals surface area contributed by atoms with Gasteiger partial charge in [0, 0.05) is 38.8 Å². The maximum absolute atomic E-state index is 13.6. The third-order valence-electron chi connectivity index (χ3n) is 3.24. The summed E-state index contributed by atoms with van der Waals surface area (Å²) in [6.45, 7) is 3.54. The third kappa shape index (κ3) is 4.35. The first-order valence-corrected chi connectivity index (χ1v) is 6.75. The smallest absolute Gasteiger partial charge is 0.314 e. The van der Waals surface area contributed by atoms with Crippen molar-refractivity contribution in [3.63, 3.8) is 0 Å². The highest BCUT2D eigenvalue weighted by Crippen LogP contribution is 2.29. The van der Waals surface area contributed by atoms with E-state index in [1.807, 2.05) is 0 Å². The van der Waals surface area contributed by atoms with Crippen LogP contribution in [0.15, 0.2) is 18.2 Å². The van der Waals surface area contributed by atoms with E-state index in [1.165, 1.54) is 12.1 Å². The van der Waals surface area contributed by atoms with Gasteiger partial charge in [0.2, 0.25) is 5.75 Å². The van der Waals surface area contributed by atoms with Gasteiger partial charge < -0.3 is 15.2 Å². The number of piperazine rings is 1. The number of rotatable bonds is 6. The van der Waals surface area contributed by atoms with E-state index in [4.69, 9.17) is 4.74 Å². The molecule has 0 radical (unpaired) electrons. The Morgan fingerprint density at radius 1 is 1.48 bits per heavy atom. The van der Waals surface area contributed by atoms with Crippen LogP contribution in [0.1, 0.15) is 0 Å². The van der Waals surface area contributed by atoms with Crippen LogP contribution >= 0.6 is 0 Å². The zero-order valence-corrected chi connectivity index (χ0v) is 11.5. The maximum Gasteiger partial charge on any atom is 0.314 e. The maximum atomic E-state index is 13.6. The zero-order valence-electron chi connectivity index (χ0n) is 11.5. The first-order valence-electron chi connectivity index (χ1n) is 6.75. The Kier molecular flexibility index (Phi) is 5.43. The predicted molar refractivity (Wildman–Crippen MR) is 73.9 cm³/mol. The van der Waals surface area contributed by atoms with Crippen LogP contribution in [0, 0.1) is 15.9 Å². The number of aliphatic hydroxyl groups is 1. The summed E-state index contributed by atoms with van der Waals surface area (Å²) in [5, 5.41) is 23.9. The van der Waals surface area contributed by atoms with E-state index in [2.05, 4.69) is 10.2 Å². The average Bonchev–Trinajstić information content (AvgIpc) is 2.46. The van der Waals surface area contributed by atoms with Crippen molar-refractivity contribution < 1.29 is 19.2 Å². The molecule has 1 aromatic carbocycles. The molecule has 1 fully saturated rings. The lowest BCUT2D eigenvalue weighted by Crippen LogP contribution is -2.47. The van der Waals surface area contributed by atoms with Crippen molar-refractivity contribution in [3.8, 4) is 5.75 Å². The molecular weight excluding hydrogens is 281 g/mol. The van der Waals surface area contributed by atoms with Crippen LogP contribution in [0.4, 0.5) is 10.1 Å². The first-order chi connectivity index (χ1) is 10.1. The Hall–Kier alpha value is -1.77. The predicted octanol–water partition coefficient (Wildman–Crippen LogP) is 0.379. The van der Waals surface area contributed by atoms with Gasteiger partial charge in [0.05, 0.1) is 4.92 Å². The second kappa shape index (κ2) is 7.30. The first kappa shape index (κ1) is 15.6. The fourth-order valence-corrected chi connectivity index (χ4v) is 2.21. The molecule has 0 saturated carbocycles. The summed E-state index contributed by atoms with van der Waals surface area (Å²) < 4.78 is 18.7. The zero-order chi connectivity index (χ0) is 15.2. The number of aliphatic hydroxyl groups excluding tert-OH is 1. The molecule has 0 spiro atoms. The van der Waals surface area contributed by atoms with E-state index < -0.39 is 28.3 Å². The Bertz CT molecular complexity index is 494. The van der Waals surface area contributed by atoms with E-state index in [0.29, 0.717) is 6.54 Å². The highest BCUT2D eigenvalue weighted by atomic mass is 19.1. The summed E-state index contributed by atoms with van der Waals surface area (Å²) in [6, 6.07) is 3.50. The molecule has 2 N–H and O–H groups in total. The molecule has 0 aliphatic carbocycles. The van der Waals surface area contributed by atoms with Crippen molar-refractivity contribution in [2.75, 3.05) is 39.3 Å². The minimum absolute atomic E-state index is 0.189. The molecule has 1 saturated heterocycles. The van der Waals surface area contributed by atoms with Crippen LogP contribution < -0.4 is 10.1 Å². The highest BCUT2D eigenvalue weighted by Gasteiger charge is 2.21. The fourth-order valence-electron chi connectivity index (χ4n) is 2.21. The molecule has 1 atom stereocenters. The van der Waals surface area contributed by atoms with Crippen LogP contribution in [0.3, 0.4) is 0 Å². The Labute approximate surface area is 121 Å². The lowest BCUT2D eigenvalue weighted by molar-refractivity contribution is -0.386. The van der Waals surface area contributed by atoms with Gasteiger partial charge in [-0.15, -0.1) is 0 Å². The third-order valence-corrected chi connectivity index (χ3v) is 3.24. The van der Waals surface area contributed by atoms with Crippen LogP contribution in [0.5, 0.6) is 5.75 Å². The summed E-state index contributed by atoms with van der Waals surface area (Å²) in [4.78, 5) is 12.2. The van der Waals surface area contributed by atoms with Crippen molar-refractivity contribution in [2.45, 2.75) is 6.10 Å². The van der Waals surface area contributed by atoms with Crippen LogP contribution in [0.2, 0.25) is 0 Å². The van der Waals surface area contributed by atoms with E-state index in [9.17, 15) is 19.6 Å². The number of ether oxygens (including phenoxy) is 1. The van der Waals surface area contributed by atoms with Gasteiger partial charge in [0.1, 0.15) is 12.7 Å². The van der Waals surface area contributed by atoms with Crippen LogP contribution in [-0.2, 0) is 0 Å². The monoisotopic (exact) mass is 299 g/mol. The second-order valence-electron chi connectivity index (χ2n) is 4.86. The van der Waals surface area contributed by atoms with Crippen molar-refractivity contribution >= 4 is 5.69 Å². The molecule has 116 valence electrons. The number of nitrogens with one attached hydrogen (secondary N) is 1. The number of hydrogen-bond acceptors (Lipinski definition) is 6. The molecule has 0 bridgehead atoms. The van der Waals surface area contributed by atoms with Gasteiger partial charge in [-0.1, -0.05) is 6.07 Å². The lowest BCUT2D eigenvalue weighted by Gasteiger charge is -2.28. The van der Waals surface area contributed by atoms with Gasteiger partial charge in [-0.25, -0.2) is 4.39 Å². The fraction of sp³-hybridized carbons (Fsp3) is 0.538. The topological polar surface area (TPSA) is 87.9 Å². The molecule has 1 unspecified atom stereocenters. The lowest BCUT2D eigenvalue weighted by atomic mass is 10.2. The quantitative estimate of drug-likeness (QED) is 0.583. The number of β-amino-alcohol motifs (C(OH)–C–C–N with tert-alkyl or cyclic N) is 1. The molecule has 21 heavy (non-hydrogen) atoms. The summed E-state index contributed by atoms with van der Waals surface area (Å²) >= 11 is 0. The second-order valence-corrected chi connectivity index (χ2v) is 4.86. The number of nitro benzene ring substituents is 1.